The molecule has 1 aliphatic heterocycles. The predicted molar refractivity (Wildman–Crippen MR) is 53.7 cm³/mol. The largest absolute Gasteiger partial charge is 0.411 e. The highest BCUT2D eigenvalue weighted by Gasteiger charge is 2.59. The topological polar surface area (TPSA) is 15.6 Å². The second kappa shape index (κ2) is 3.12. The Morgan fingerprint density at radius 2 is 1.73 bits per heavy atom. The van der Waals surface area contributed by atoms with E-state index in [4.69, 9.17) is 0 Å². The van der Waals surface area contributed by atoms with E-state index in [1.807, 2.05) is 0 Å². The Morgan fingerprint density at radius 3 is 2.00 bits per heavy atom. The number of hydrogen-bond acceptors (Lipinski definition) is 2. The summed E-state index contributed by atoms with van der Waals surface area (Å²) >= 11 is 0. The number of halogens is 3. The molecule has 2 unspecified atom stereocenters. The summed E-state index contributed by atoms with van der Waals surface area (Å²) in [4.78, 5) is 0. The first-order valence-electron chi connectivity index (χ1n) is 4.85. The zero-order valence-corrected chi connectivity index (χ0v) is 9.68. The molecule has 1 heterocycles. The lowest BCUT2D eigenvalue weighted by Gasteiger charge is -2.43. The van der Waals surface area contributed by atoms with Crippen LogP contribution in [0.1, 0.15) is 27.7 Å². The van der Waals surface area contributed by atoms with Gasteiger partial charge in [-0.3, -0.25) is 5.01 Å². The molecule has 0 N–H and O–H groups in total. The van der Waals surface area contributed by atoms with Crippen molar-refractivity contribution < 1.29 is 13.2 Å². The van der Waals surface area contributed by atoms with E-state index in [-0.39, 0.29) is 0 Å². The Bertz CT molecular complexity index is 277. The molecule has 88 valence electrons. The molecule has 0 radical (unpaired) electrons. The molecule has 0 aromatic rings. The summed E-state index contributed by atoms with van der Waals surface area (Å²) in [7, 11) is 1.37. The highest BCUT2D eigenvalue weighted by molar-refractivity contribution is 5.70. The summed E-state index contributed by atoms with van der Waals surface area (Å²) in [6, 6.07) is -1.54. The van der Waals surface area contributed by atoms with Crippen molar-refractivity contribution in [2.24, 2.45) is 15.9 Å². The van der Waals surface area contributed by atoms with Gasteiger partial charge >= 0.3 is 6.18 Å². The molecule has 0 spiro atoms. The summed E-state index contributed by atoms with van der Waals surface area (Å²) in [5.74, 6) is 0. The quantitative estimate of drug-likeness (QED) is 0.615. The zero-order chi connectivity index (χ0) is 12.1. The monoisotopic (exact) mass is 222 g/mol. The maximum Gasteiger partial charge on any atom is 0.411 e. The normalized spacial score (nSPS) is 32.5. The second-order valence-electron chi connectivity index (χ2n) is 5.30. The van der Waals surface area contributed by atoms with Crippen LogP contribution in [0, 0.1) is 10.8 Å². The fraction of sp³-hybridized carbons (Fsp3) is 0.900. The summed E-state index contributed by atoms with van der Waals surface area (Å²) in [6.45, 7) is 7.02. The molecule has 2 atom stereocenters. The minimum absolute atomic E-state index is 0.485. The van der Waals surface area contributed by atoms with Gasteiger partial charge in [0.25, 0.3) is 0 Å². The average molecular weight is 222 g/mol. The van der Waals surface area contributed by atoms with Crippen molar-refractivity contribution in [1.82, 2.24) is 5.01 Å². The summed E-state index contributed by atoms with van der Waals surface area (Å²) in [5, 5.41) is 4.80. The van der Waals surface area contributed by atoms with Crippen LogP contribution in [0.3, 0.4) is 0 Å². The van der Waals surface area contributed by atoms with Crippen molar-refractivity contribution >= 4 is 6.21 Å². The van der Waals surface area contributed by atoms with Crippen molar-refractivity contribution in [1.29, 1.82) is 0 Å². The van der Waals surface area contributed by atoms with E-state index in [1.54, 1.807) is 27.7 Å². The molecule has 0 saturated carbocycles. The van der Waals surface area contributed by atoms with Crippen LogP contribution in [0.15, 0.2) is 5.10 Å². The molecule has 5 heteroatoms. The van der Waals surface area contributed by atoms with Crippen LogP contribution >= 0.6 is 0 Å². The molecule has 0 bridgehead atoms. The van der Waals surface area contributed by atoms with E-state index in [0.29, 0.717) is 0 Å². The van der Waals surface area contributed by atoms with Crippen molar-refractivity contribution in [2.75, 3.05) is 7.05 Å². The van der Waals surface area contributed by atoms with Gasteiger partial charge in [-0.2, -0.15) is 18.3 Å². The molecule has 2 nitrogen and oxygen atoms in total. The first kappa shape index (κ1) is 12.3. The standard InChI is InChI=1S/C10H17F3N2/c1-8(2,3)9(4)6-14-15(5)7(9)10(11,12)13/h6-7H,1-5H3. The van der Waals surface area contributed by atoms with Crippen LogP contribution in [0.5, 0.6) is 0 Å². The molecular formula is C10H17F3N2. The van der Waals surface area contributed by atoms with Gasteiger partial charge in [0, 0.05) is 18.7 Å². The average Bonchev–Trinajstić information content (AvgIpc) is 2.24. The molecule has 0 amide bonds. The van der Waals surface area contributed by atoms with Crippen LogP contribution in [0.2, 0.25) is 0 Å². The lowest BCUT2D eigenvalue weighted by Crippen LogP contribution is -2.54. The first-order chi connectivity index (χ1) is 6.50. The number of alkyl halides is 3. The number of nitrogens with zero attached hydrogens (tertiary/aromatic N) is 2. The third-order valence-electron chi connectivity index (χ3n) is 3.38. The zero-order valence-electron chi connectivity index (χ0n) is 9.68. The molecule has 15 heavy (non-hydrogen) atoms. The number of hydrogen-bond donors (Lipinski definition) is 0. The first-order valence-corrected chi connectivity index (χ1v) is 4.85. The van der Waals surface area contributed by atoms with Crippen LogP contribution in [-0.2, 0) is 0 Å². The van der Waals surface area contributed by atoms with Gasteiger partial charge in [-0.25, -0.2) is 0 Å². The summed E-state index contributed by atoms with van der Waals surface area (Å²) in [6.07, 6.45) is -2.83. The molecule has 1 rings (SSSR count). The highest BCUT2D eigenvalue weighted by Crippen LogP contribution is 2.49. The van der Waals surface area contributed by atoms with Gasteiger partial charge in [-0.05, 0) is 5.41 Å². The van der Waals surface area contributed by atoms with Gasteiger partial charge in [0.1, 0.15) is 0 Å². The van der Waals surface area contributed by atoms with Gasteiger partial charge in [0.05, 0.1) is 0 Å². The third-order valence-corrected chi connectivity index (χ3v) is 3.38. The Balaban J connectivity index is 3.15. The van der Waals surface area contributed by atoms with E-state index >= 15 is 0 Å². The molecule has 0 aromatic carbocycles. The van der Waals surface area contributed by atoms with Crippen molar-refractivity contribution in [3.8, 4) is 0 Å². The minimum atomic E-state index is -4.26. The van der Waals surface area contributed by atoms with Crippen LogP contribution in [0.4, 0.5) is 13.2 Å². The fourth-order valence-electron chi connectivity index (χ4n) is 1.89. The SMILES string of the molecule is CN1N=CC(C)(C(C)(C)C)C1C(F)(F)F. The number of hydrazone groups is 1. The Labute approximate surface area is 88.1 Å². The van der Waals surface area contributed by atoms with Crippen LogP contribution in [0.25, 0.3) is 0 Å². The Hall–Kier alpha value is -0.740. The van der Waals surface area contributed by atoms with Crippen molar-refractivity contribution in [2.45, 2.75) is 39.9 Å². The van der Waals surface area contributed by atoms with E-state index < -0.39 is 23.0 Å². The molecular weight excluding hydrogens is 205 g/mol. The van der Waals surface area contributed by atoms with Crippen LogP contribution in [-0.4, -0.2) is 30.5 Å². The summed E-state index contributed by atoms with van der Waals surface area (Å²) < 4.78 is 38.7. The smallest absolute Gasteiger partial charge is 0.287 e. The fourth-order valence-corrected chi connectivity index (χ4v) is 1.89. The Kier molecular flexibility index (Phi) is 2.57. The van der Waals surface area contributed by atoms with E-state index in [0.717, 1.165) is 5.01 Å². The van der Waals surface area contributed by atoms with E-state index in [2.05, 4.69) is 5.10 Å². The molecule has 0 aromatic heterocycles. The maximum absolute atomic E-state index is 12.9. The minimum Gasteiger partial charge on any atom is -0.287 e. The second-order valence-corrected chi connectivity index (χ2v) is 5.30. The van der Waals surface area contributed by atoms with Gasteiger partial charge in [-0.1, -0.05) is 27.7 Å². The van der Waals surface area contributed by atoms with Gasteiger partial charge in [-0.15, -0.1) is 0 Å². The maximum atomic E-state index is 12.9. The number of rotatable bonds is 0. The summed E-state index contributed by atoms with van der Waals surface area (Å²) in [5.41, 5.74) is -1.47. The van der Waals surface area contributed by atoms with Crippen LogP contribution < -0.4 is 0 Å². The van der Waals surface area contributed by atoms with E-state index in [1.165, 1.54) is 13.3 Å². The molecule has 0 aliphatic carbocycles. The van der Waals surface area contributed by atoms with E-state index in [9.17, 15) is 13.2 Å². The molecule has 0 fully saturated rings. The van der Waals surface area contributed by atoms with Crippen molar-refractivity contribution in [3.05, 3.63) is 0 Å². The molecule has 0 saturated heterocycles. The van der Waals surface area contributed by atoms with Gasteiger partial charge in [0.2, 0.25) is 0 Å². The third kappa shape index (κ3) is 1.84. The Morgan fingerprint density at radius 1 is 1.27 bits per heavy atom. The van der Waals surface area contributed by atoms with Gasteiger partial charge in [0.15, 0.2) is 6.04 Å². The lowest BCUT2D eigenvalue weighted by molar-refractivity contribution is -0.205. The predicted octanol–water partition coefficient (Wildman–Crippen LogP) is 2.90. The van der Waals surface area contributed by atoms with Gasteiger partial charge < -0.3 is 0 Å². The lowest BCUT2D eigenvalue weighted by atomic mass is 9.64. The molecule has 1 aliphatic rings. The van der Waals surface area contributed by atoms with Crippen molar-refractivity contribution in [3.63, 3.8) is 0 Å². The highest BCUT2D eigenvalue weighted by atomic mass is 19.4.